The lowest BCUT2D eigenvalue weighted by Gasteiger charge is -2.34. The summed E-state index contributed by atoms with van der Waals surface area (Å²) in [6.07, 6.45) is 1.78. The second-order valence-corrected chi connectivity index (χ2v) is 8.04. The van der Waals surface area contributed by atoms with E-state index >= 15 is 0 Å². The van der Waals surface area contributed by atoms with Crippen molar-refractivity contribution in [2.45, 2.75) is 6.54 Å². The van der Waals surface area contributed by atoms with Gasteiger partial charge in [0.25, 0.3) is 5.91 Å². The fourth-order valence-electron chi connectivity index (χ4n) is 4.43. The lowest BCUT2D eigenvalue weighted by atomic mass is 10.1. The number of aromatic nitrogens is 2. The number of nitrogens with zero attached hydrogens (tertiary/aromatic N) is 3. The van der Waals surface area contributed by atoms with Gasteiger partial charge in [0.05, 0.1) is 11.0 Å². The van der Waals surface area contributed by atoms with E-state index in [4.69, 9.17) is 9.47 Å². The molecule has 1 fully saturated rings. The number of carbonyl (C=O) groups is 1. The van der Waals surface area contributed by atoms with Crippen LogP contribution in [0.2, 0.25) is 0 Å². The largest absolute Gasteiger partial charge is 0.454 e. The molecule has 156 valence electrons. The number of piperazine rings is 1. The molecule has 7 nitrogen and oxygen atoms in total. The summed E-state index contributed by atoms with van der Waals surface area (Å²) in [5, 5.41) is 2.07. The number of pyridine rings is 1. The second-order valence-electron chi connectivity index (χ2n) is 8.04. The van der Waals surface area contributed by atoms with Crippen LogP contribution in [0, 0.1) is 0 Å². The number of aromatic amines is 1. The zero-order valence-corrected chi connectivity index (χ0v) is 17.0. The summed E-state index contributed by atoms with van der Waals surface area (Å²) in [5.74, 6) is 1.66. The Labute approximate surface area is 179 Å². The summed E-state index contributed by atoms with van der Waals surface area (Å²) in [7, 11) is 0. The van der Waals surface area contributed by atoms with Gasteiger partial charge < -0.3 is 19.4 Å². The van der Waals surface area contributed by atoms with Gasteiger partial charge in [0.1, 0.15) is 5.69 Å². The van der Waals surface area contributed by atoms with Gasteiger partial charge in [-0.25, -0.2) is 0 Å². The smallest absolute Gasteiger partial charge is 0.270 e. The maximum atomic E-state index is 13.1. The number of amides is 1. The van der Waals surface area contributed by atoms with Crippen LogP contribution in [-0.4, -0.2) is 58.6 Å². The van der Waals surface area contributed by atoms with Gasteiger partial charge in [-0.1, -0.05) is 24.3 Å². The highest BCUT2D eigenvalue weighted by Gasteiger charge is 2.24. The van der Waals surface area contributed by atoms with Gasteiger partial charge in [-0.15, -0.1) is 0 Å². The molecule has 0 unspecified atom stereocenters. The van der Waals surface area contributed by atoms with Gasteiger partial charge >= 0.3 is 0 Å². The molecule has 4 aromatic rings. The van der Waals surface area contributed by atoms with Crippen LogP contribution in [0.25, 0.3) is 21.8 Å². The number of fused-ring (bicyclic) bond motifs is 4. The third-order valence-corrected chi connectivity index (χ3v) is 6.10. The summed E-state index contributed by atoms with van der Waals surface area (Å²) in [4.78, 5) is 25.2. The number of benzene rings is 2. The van der Waals surface area contributed by atoms with Crippen molar-refractivity contribution in [3.05, 3.63) is 66.0 Å². The van der Waals surface area contributed by atoms with Crippen LogP contribution in [0.3, 0.4) is 0 Å². The zero-order valence-electron chi connectivity index (χ0n) is 17.0. The number of H-pyrrole nitrogens is 1. The minimum Gasteiger partial charge on any atom is -0.454 e. The van der Waals surface area contributed by atoms with Crippen LogP contribution in [-0.2, 0) is 6.54 Å². The highest BCUT2D eigenvalue weighted by molar-refractivity contribution is 6.07. The number of nitrogens with one attached hydrogen (secondary N) is 1. The maximum absolute atomic E-state index is 13.1. The average Bonchev–Trinajstić information content (AvgIpc) is 3.46. The topological polar surface area (TPSA) is 70.7 Å². The van der Waals surface area contributed by atoms with Crippen LogP contribution in [0.1, 0.15) is 16.1 Å². The fraction of sp³-hybridized carbons (Fsp3) is 0.250. The van der Waals surface area contributed by atoms with Crippen molar-refractivity contribution < 1.29 is 14.3 Å². The average molecular weight is 414 g/mol. The van der Waals surface area contributed by atoms with E-state index in [0.29, 0.717) is 25.6 Å². The van der Waals surface area contributed by atoms with Gasteiger partial charge in [-0.3, -0.25) is 14.7 Å². The number of rotatable bonds is 3. The van der Waals surface area contributed by atoms with E-state index < -0.39 is 0 Å². The second kappa shape index (κ2) is 7.28. The van der Waals surface area contributed by atoms with Crippen LogP contribution in [0.15, 0.2) is 54.7 Å². The molecule has 4 heterocycles. The van der Waals surface area contributed by atoms with Gasteiger partial charge in [0.15, 0.2) is 11.5 Å². The first-order valence-corrected chi connectivity index (χ1v) is 10.5. The van der Waals surface area contributed by atoms with E-state index in [2.05, 4.69) is 20.9 Å². The molecule has 0 radical (unpaired) electrons. The molecule has 2 aromatic carbocycles. The molecule has 1 amide bonds. The monoisotopic (exact) mass is 414 g/mol. The quantitative estimate of drug-likeness (QED) is 0.556. The molecule has 7 heteroatoms. The molecule has 6 rings (SSSR count). The predicted octanol–water partition coefficient (Wildman–Crippen LogP) is 3.40. The first-order valence-electron chi connectivity index (χ1n) is 10.5. The molecule has 0 saturated carbocycles. The Kier molecular flexibility index (Phi) is 4.28. The molecule has 2 aliphatic rings. The molecule has 0 aliphatic carbocycles. The SMILES string of the molecule is O=C(c1cc2ccc3cccnc3c2[nH]1)N1CCN(Cc2ccc3c(c2)OCO3)CC1. The highest BCUT2D eigenvalue weighted by Crippen LogP contribution is 2.33. The standard InChI is InChI=1S/C24H22N4O3/c29-24(19-13-18-5-4-17-2-1-7-25-22(17)23(18)26-19)28-10-8-27(9-11-28)14-16-3-6-20-21(12-16)31-15-30-20/h1-7,12-13,26H,8-11,14-15H2. The molecule has 0 spiro atoms. The molecule has 0 atom stereocenters. The lowest BCUT2D eigenvalue weighted by molar-refractivity contribution is 0.0623. The Morgan fingerprint density at radius 1 is 0.968 bits per heavy atom. The molecule has 31 heavy (non-hydrogen) atoms. The summed E-state index contributed by atoms with van der Waals surface area (Å²) in [5.41, 5.74) is 3.63. The fourth-order valence-corrected chi connectivity index (χ4v) is 4.43. The predicted molar refractivity (Wildman–Crippen MR) is 117 cm³/mol. The summed E-state index contributed by atoms with van der Waals surface area (Å²) >= 11 is 0. The van der Waals surface area contributed by atoms with E-state index in [1.165, 1.54) is 5.56 Å². The third kappa shape index (κ3) is 3.27. The van der Waals surface area contributed by atoms with Gasteiger partial charge in [-0.2, -0.15) is 0 Å². The van der Waals surface area contributed by atoms with Crippen LogP contribution in [0.5, 0.6) is 11.5 Å². The Hall–Kier alpha value is -3.58. The number of ether oxygens (including phenoxy) is 2. The van der Waals surface area contributed by atoms with Crippen molar-refractivity contribution in [3.63, 3.8) is 0 Å². The molecule has 1 N–H and O–H groups in total. The summed E-state index contributed by atoms with van der Waals surface area (Å²) in [6, 6.07) is 16.1. The van der Waals surface area contributed by atoms with Gasteiger partial charge in [-0.05, 0) is 29.8 Å². The minimum absolute atomic E-state index is 0.0445. The van der Waals surface area contributed by atoms with Crippen LogP contribution in [0.4, 0.5) is 0 Å². The van der Waals surface area contributed by atoms with Crippen LogP contribution < -0.4 is 9.47 Å². The molecular weight excluding hydrogens is 392 g/mol. The molecular formula is C24H22N4O3. The zero-order chi connectivity index (χ0) is 20.8. The Morgan fingerprint density at radius 2 is 1.81 bits per heavy atom. The number of carbonyl (C=O) groups excluding carboxylic acids is 1. The highest BCUT2D eigenvalue weighted by atomic mass is 16.7. The molecule has 1 saturated heterocycles. The lowest BCUT2D eigenvalue weighted by Crippen LogP contribution is -2.48. The first-order chi connectivity index (χ1) is 15.2. The normalized spacial score (nSPS) is 16.3. The van der Waals surface area contributed by atoms with E-state index in [-0.39, 0.29) is 5.91 Å². The van der Waals surface area contributed by atoms with Crippen molar-refractivity contribution in [2.24, 2.45) is 0 Å². The Bertz CT molecular complexity index is 1290. The molecule has 2 aliphatic heterocycles. The van der Waals surface area contributed by atoms with E-state index in [0.717, 1.165) is 52.9 Å². The Balaban J connectivity index is 1.14. The summed E-state index contributed by atoms with van der Waals surface area (Å²) < 4.78 is 10.9. The molecule has 2 aromatic heterocycles. The van der Waals surface area contributed by atoms with Gasteiger partial charge in [0.2, 0.25) is 6.79 Å². The van der Waals surface area contributed by atoms with Crippen LogP contribution >= 0.6 is 0 Å². The maximum Gasteiger partial charge on any atom is 0.270 e. The first kappa shape index (κ1) is 18.2. The minimum atomic E-state index is 0.0445. The molecule has 0 bridgehead atoms. The van der Waals surface area contributed by atoms with Crippen molar-refractivity contribution in [2.75, 3.05) is 33.0 Å². The van der Waals surface area contributed by atoms with Gasteiger partial charge in [0, 0.05) is 49.7 Å². The van der Waals surface area contributed by atoms with E-state index in [1.807, 2.05) is 47.4 Å². The van der Waals surface area contributed by atoms with Crippen molar-refractivity contribution in [1.29, 1.82) is 0 Å². The van der Waals surface area contributed by atoms with E-state index in [9.17, 15) is 4.79 Å². The Morgan fingerprint density at radius 3 is 2.71 bits per heavy atom. The third-order valence-electron chi connectivity index (χ3n) is 6.10. The van der Waals surface area contributed by atoms with Crippen molar-refractivity contribution in [3.8, 4) is 11.5 Å². The summed E-state index contributed by atoms with van der Waals surface area (Å²) in [6.45, 7) is 4.22. The number of hydrogen-bond acceptors (Lipinski definition) is 5. The van der Waals surface area contributed by atoms with Crippen molar-refractivity contribution >= 4 is 27.7 Å². The van der Waals surface area contributed by atoms with E-state index in [1.54, 1.807) is 6.20 Å². The number of hydrogen-bond donors (Lipinski definition) is 1. The van der Waals surface area contributed by atoms with Crippen molar-refractivity contribution in [1.82, 2.24) is 19.8 Å².